The van der Waals surface area contributed by atoms with Crippen LogP contribution >= 0.6 is 15.9 Å². The molecule has 0 saturated heterocycles. The molecule has 2 heterocycles. The summed E-state index contributed by atoms with van der Waals surface area (Å²) in [6.07, 6.45) is 2.98. The van der Waals surface area contributed by atoms with Gasteiger partial charge < -0.3 is 4.74 Å². The lowest BCUT2D eigenvalue weighted by Crippen LogP contribution is -2.16. The van der Waals surface area contributed by atoms with Gasteiger partial charge in [-0.2, -0.15) is 0 Å². The van der Waals surface area contributed by atoms with Crippen LogP contribution in [0.1, 0.15) is 21.0 Å². The van der Waals surface area contributed by atoms with Crippen molar-refractivity contribution in [2.75, 3.05) is 6.61 Å². The summed E-state index contributed by atoms with van der Waals surface area (Å²) < 4.78 is 5.60. The van der Waals surface area contributed by atoms with Gasteiger partial charge in [0.05, 0.1) is 0 Å². The molecule has 2 aromatic rings. The summed E-state index contributed by atoms with van der Waals surface area (Å²) in [7, 11) is 0. The van der Waals surface area contributed by atoms with Crippen LogP contribution in [0.2, 0.25) is 0 Å². The number of ketones is 1. The zero-order valence-corrected chi connectivity index (χ0v) is 11.3. The minimum absolute atomic E-state index is 0.142. The number of halogens is 1. The molecule has 0 bridgehead atoms. The maximum atomic E-state index is 11.7. The topological polar surface area (TPSA) is 69.2 Å². The zero-order chi connectivity index (χ0) is 13.7. The van der Waals surface area contributed by atoms with Gasteiger partial charge in [-0.25, -0.2) is 9.78 Å². The summed E-state index contributed by atoms with van der Waals surface area (Å²) >= 11 is 3.22. The van der Waals surface area contributed by atoms with Crippen molar-refractivity contribution < 1.29 is 14.3 Å². The molecule has 0 aromatic carbocycles. The van der Waals surface area contributed by atoms with Crippen LogP contribution in [0.4, 0.5) is 0 Å². The van der Waals surface area contributed by atoms with Crippen LogP contribution in [0.15, 0.2) is 47.2 Å². The van der Waals surface area contributed by atoms with E-state index >= 15 is 0 Å². The summed E-state index contributed by atoms with van der Waals surface area (Å²) in [5.74, 6) is -1.01. The molecule has 0 radical (unpaired) electrons. The van der Waals surface area contributed by atoms with Gasteiger partial charge in [-0.3, -0.25) is 9.78 Å². The Bertz CT molecular complexity index is 602. The van der Waals surface area contributed by atoms with Gasteiger partial charge in [0.25, 0.3) is 0 Å². The second-order valence-corrected chi connectivity index (χ2v) is 4.49. The molecule has 0 atom stereocenters. The van der Waals surface area contributed by atoms with E-state index in [4.69, 9.17) is 4.74 Å². The van der Waals surface area contributed by atoms with E-state index in [1.165, 1.54) is 18.5 Å². The molecular weight excluding hydrogens is 312 g/mol. The first-order valence-corrected chi connectivity index (χ1v) is 6.19. The van der Waals surface area contributed by atoms with Crippen molar-refractivity contribution in [1.82, 2.24) is 9.97 Å². The quantitative estimate of drug-likeness (QED) is 0.638. The minimum atomic E-state index is -0.648. The summed E-state index contributed by atoms with van der Waals surface area (Å²) in [4.78, 5) is 31.1. The van der Waals surface area contributed by atoms with Crippen LogP contribution in [0, 0.1) is 0 Å². The highest BCUT2D eigenvalue weighted by Gasteiger charge is 2.13. The van der Waals surface area contributed by atoms with Gasteiger partial charge in [-0.05, 0) is 24.3 Å². The second kappa shape index (κ2) is 6.19. The molecule has 5 nitrogen and oxygen atoms in total. The maximum Gasteiger partial charge on any atom is 0.357 e. The maximum absolute atomic E-state index is 11.7. The highest BCUT2D eigenvalue weighted by molar-refractivity contribution is 9.10. The van der Waals surface area contributed by atoms with E-state index in [2.05, 4.69) is 25.9 Å². The molecule has 0 aliphatic rings. The Kier molecular flexibility index (Phi) is 4.35. The third-order valence-electron chi connectivity index (χ3n) is 2.22. The highest BCUT2D eigenvalue weighted by atomic mass is 79.9. The molecule has 2 rings (SSSR count). The zero-order valence-electron chi connectivity index (χ0n) is 9.75. The SMILES string of the molecule is O=C(COC(=O)c1cc(Br)ccn1)c1ccccn1. The van der Waals surface area contributed by atoms with Gasteiger partial charge in [-0.1, -0.05) is 22.0 Å². The number of carbonyl (C=O) groups excluding carboxylic acids is 2. The van der Waals surface area contributed by atoms with E-state index < -0.39 is 5.97 Å². The Labute approximate surface area is 117 Å². The number of hydrogen-bond donors (Lipinski definition) is 0. The van der Waals surface area contributed by atoms with E-state index in [-0.39, 0.29) is 23.8 Å². The number of aromatic nitrogens is 2. The van der Waals surface area contributed by atoms with E-state index in [9.17, 15) is 9.59 Å². The monoisotopic (exact) mass is 320 g/mol. The normalized spacial score (nSPS) is 9.95. The van der Waals surface area contributed by atoms with Crippen molar-refractivity contribution in [3.8, 4) is 0 Å². The van der Waals surface area contributed by atoms with Gasteiger partial charge >= 0.3 is 5.97 Å². The summed E-state index contributed by atoms with van der Waals surface area (Å²) in [5.41, 5.74) is 0.403. The van der Waals surface area contributed by atoms with E-state index in [0.717, 1.165) is 0 Å². The molecule has 0 aliphatic carbocycles. The first kappa shape index (κ1) is 13.4. The second-order valence-electron chi connectivity index (χ2n) is 3.57. The molecule has 0 fully saturated rings. The molecule has 0 aliphatic heterocycles. The molecule has 0 unspecified atom stereocenters. The Morgan fingerprint density at radius 3 is 2.58 bits per heavy atom. The Hall–Kier alpha value is -2.08. The number of rotatable bonds is 4. The molecular formula is C13H9BrN2O3. The van der Waals surface area contributed by atoms with E-state index in [1.54, 1.807) is 24.3 Å². The number of carbonyl (C=O) groups is 2. The Balaban J connectivity index is 1.96. The van der Waals surface area contributed by atoms with Crippen molar-refractivity contribution in [2.24, 2.45) is 0 Å². The molecule has 0 amide bonds. The number of Topliss-reactive ketones (excluding diaryl/α,β-unsaturated/α-hetero) is 1. The van der Waals surface area contributed by atoms with Crippen LogP contribution < -0.4 is 0 Å². The molecule has 2 aromatic heterocycles. The smallest absolute Gasteiger partial charge is 0.357 e. The number of pyridine rings is 2. The average Bonchev–Trinajstić information content (AvgIpc) is 2.45. The van der Waals surface area contributed by atoms with Crippen molar-refractivity contribution in [1.29, 1.82) is 0 Å². The molecule has 0 N–H and O–H groups in total. The van der Waals surface area contributed by atoms with Crippen molar-refractivity contribution in [2.45, 2.75) is 0 Å². The van der Waals surface area contributed by atoms with Crippen molar-refractivity contribution in [3.63, 3.8) is 0 Å². The Morgan fingerprint density at radius 1 is 1.11 bits per heavy atom. The molecule has 96 valence electrons. The highest BCUT2D eigenvalue weighted by Crippen LogP contribution is 2.10. The third-order valence-corrected chi connectivity index (χ3v) is 2.71. The fourth-order valence-electron chi connectivity index (χ4n) is 1.32. The van der Waals surface area contributed by atoms with Crippen LogP contribution in [0.25, 0.3) is 0 Å². The van der Waals surface area contributed by atoms with Crippen LogP contribution in [0.5, 0.6) is 0 Å². The van der Waals surface area contributed by atoms with Gasteiger partial charge in [0.1, 0.15) is 11.4 Å². The van der Waals surface area contributed by atoms with Crippen LogP contribution in [-0.4, -0.2) is 28.3 Å². The number of esters is 1. The van der Waals surface area contributed by atoms with Gasteiger partial charge in [0, 0.05) is 16.9 Å². The molecule has 19 heavy (non-hydrogen) atoms. The van der Waals surface area contributed by atoms with Crippen molar-refractivity contribution in [3.05, 3.63) is 58.6 Å². The fourth-order valence-corrected chi connectivity index (χ4v) is 1.66. The number of hydrogen-bond acceptors (Lipinski definition) is 5. The lowest BCUT2D eigenvalue weighted by molar-refractivity contribution is 0.0467. The largest absolute Gasteiger partial charge is 0.452 e. The van der Waals surface area contributed by atoms with E-state index in [1.807, 2.05) is 0 Å². The van der Waals surface area contributed by atoms with Crippen LogP contribution in [-0.2, 0) is 4.74 Å². The summed E-state index contributed by atoms with van der Waals surface area (Å²) in [5, 5.41) is 0. The molecule has 0 spiro atoms. The van der Waals surface area contributed by atoms with Crippen molar-refractivity contribution >= 4 is 27.7 Å². The van der Waals surface area contributed by atoms with Gasteiger partial charge in [0.2, 0.25) is 5.78 Å². The number of nitrogens with zero attached hydrogens (tertiary/aromatic N) is 2. The van der Waals surface area contributed by atoms with E-state index in [0.29, 0.717) is 4.47 Å². The summed E-state index contributed by atoms with van der Waals surface area (Å²) in [6.45, 7) is -0.357. The lowest BCUT2D eigenvalue weighted by Gasteiger charge is -2.03. The number of ether oxygens (including phenoxy) is 1. The predicted molar refractivity (Wildman–Crippen MR) is 70.8 cm³/mol. The van der Waals surface area contributed by atoms with Gasteiger partial charge in [0.15, 0.2) is 6.61 Å². The first-order chi connectivity index (χ1) is 9.16. The summed E-state index contributed by atoms with van der Waals surface area (Å²) in [6, 6.07) is 8.17. The molecule has 6 heteroatoms. The Morgan fingerprint density at radius 2 is 1.89 bits per heavy atom. The third kappa shape index (κ3) is 3.69. The average molecular weight is 321 g/mol. The van der Waals surface area contributed by atoms with Gasteiger partial charge in [-0.15, -0.1) is 0 Å². The minimum Gasteiger partial charge on any atom is -0.452 e. The first-order valence-electron chi connectivity index (χ1n) is 5.40. The van der Waals surface area contributed by atoms with Crippen LogP contribution in [0.3, 0.4) is 0 Å². The lowest BCUT2D eigenvalue weighted by atomic mass is 10.2. The standard InChI is InChI=1S/C13H9BrN2O3/c14-9-4-6-16-11(7-9)13(18)19-8-12(17)10-3-1-2-5-15-10/h1-7H,8H2. The molecule has 0 saturated carbocycles. The fraction of sp³-hybridized carbons (Fsp3) is 0.0769. The predicted octanol–water partition coefficient (Wildman–Crippen LogP) is 2.28.